The lowest BCUT2D eigenvalue weighted by Crippen LogP contribution is -2.40. The monoisotopic (exact) mass is 348 g/mol. The molecule has 0 aliphatic carbocycles. The van der Waals surface area contributed by atoms with Crippen LogP contribution in [-0.4, -0.2) is 68.5 Å². The molecule has 25 heavy (non-hydrogen) atoms. The van der Waals surface area contributed by atoms with Crippen LogP contribution < -0.4 is 10.6 Å². The van der Waals surface area contributed by atoms with Crippen molar-refractivity contribution in [1.29, 1.82) is 0 Å². The number of nitrogens with zero attached hydrogens (tertiary/aromatic N) is 2. The number of aliphatic hydroxyl groups is 1. The van der Waals surface area contributed by atoms with Crippen molar-refractivity contribution in [3.8, 4) is 0 Å². The molecule has 0 saturated heterocycles. The average molecular weight is 348 g/mol. The van der Waals surface area contributed by atoms with Crippen LogP contribution in [0.4, 0.5) is 0 Å². The van der Waals surface area contributed by atoms with Gasteiger partial charge in [0.25, 0.3) is 0 Å². The summed E-state index contributed by atoms with van der Waals surface area (Å²) in [5.41, 5.74) is 2.80. The highest BCUT2D eigenvalue weighted by Crippen LogP contribution is 2.18. The second kappa shape index (κ2) is 11.1. The molecule has 1 heterocycles. The molecule has 1 aromatic rings. The number of aliphatic hydroxyl groups excluding tert-OH is 1. The summed E-state index contributed by atoms with van der Waals surface area (Å²) in [5, 5.41) is 16.8. The van der Waals surface area contributed by atoms with E-state index < -0.39 is 6.10 Å². The fourth-order valence-corrected chi connectivity index (χ4v) is 3.03. The van der Waals surface area contributed by atoms with Gasteiger partial charge in [0.05, 0.1) is 12.6 Å². The Morgan fingerprint density at radius 3 is 2.88 bits per heavy atom. The molecule has 1 atom stereocenters. The molecular weight excluding hydrogens is 316 g/mol. The molecule has 0 fully saturated rings. The van der Waals surface area contributed by atoms with Crippen LogP contribution >= 0.6 is 0 Å². The lowest BCUT2D eigenvalue weighted by Gasteiger charge is -2.30. The molecule has 0 radical (unpaired) electrons. The summed E-state index contributed by atoms with van der Waals surface area (Å²) >= 11 is 0. The first kappa shape index (κ1) is 19.7. The van der Waals surface area contributed by atoms with E-state index in [0.717, 1.165) is 51.6 Å². The summed E-state index contributed by atoms with van der Waals surface area (Å²) in [7, 11) is 1.70. The van der Waals surface area contributed by atoms with Crippen LogP contribution in [0.3, 0.4) is 0 Å². The summed E-state index contributed by atoms with van der Waals surface area (Å²) in [6.07, 6.45) is 1.52. The number of hydrogen-bond acceptors (Lipinski definition) is 4. The standard InChI is InChI=1S/C19H32N4O2/c1-3-20-19(21-10-6-12-25-2)22-13-18(24)15-23-11-9-16-7-4-5-8-17(16)14-23/h4-5,7-8,18,24H,3,6,9-15H2,1-2H3,(H2,20,21,22). The third-order valence-electron chi connectivity index (χ3n) is 4.30. The molecule has 3 N–H and O–H groups in total. The first-order chi connectivity index (χ1) is 12.2. The number of guanidine groups is 1. The number of rotatable bonds is 9. The van der Waals surface area contributed by atoms with E-state index in [0.29, 0.717) is 13.1 Å². The molecule has 2 rings (SSSR count). The quantitative estimate of drug-likeness (QED) is 0.353. The van der Waals surface area contributed by atoms with E-state index in [1.807, 2.05) is 6.92 Å². The SMILES string of the molecule is CCNC(=NCC(O)CN1CCc2ccccc2C1)NCCCOC. The second-order valence-electron chi connectivity index (χ2n) is 6.40. The van der Waals surface area contributed by atoms with Gasteiger partial charge in [0.15, 0.2) is 5.96 Å². The van der Waals surface area contributed by atoms with Gasteiger partial charge in [-0.3, -0.25) is 9.89 Å². The van der Waals surface area contributed by atoms with Gasteiger partial charge in [-0.2, -0.15) is 0 Å². The molecule has 0 spiro atoms. The average Bonchev–Trinajstić information content (AvgIpc) is 2.63. The van der Waals surface area contributed by atoms with Crippen molar-refractivity contribution in [3.63, 3.8) is 0 Å². The van der Waals surface area contributed by atoms with Crippen molar-refractivity contribution in [2.24, 2.45) is 4.99 Å². The number of hydrogen-bond donors (Lipinski definition) is 3. The fourth-order valence-electron chi connectivity index (χ4n) is 3.03. The normalized spacial score (nSPS) is 16.4. The number of nitrogens with one attached hydrogen (secondary N) is 2. The summed E-state index contributed by atoms with van der Waals surface area (Å²) in [5.74, 6) is 0.752. The number of benzene rings is 1. The molecule has 1 aliphatic heterocycles. The van der Waals surface area contributed by atoms with E-state index in [4.69, 9.17) is 4.74 Å². The van der Waals surface area contributed by atoms with Crippen molar-refractivity contribution < 1.29 is 9.84 Å². The smallest absolute Gasteiger partial charge is 0.191 e. The van der Waals surface area contributed by atoms with Gasteiger partial charge in [0, 0.05) is 46.4 Å². The zero-order chi connectivity index (χ0) is 17.9. The summed E-state index contributed by atoms with van der Waals surface area (Å²) in [6, 6.07) is 8.56. The van der Waals surface area contributed by atoms with Crippen LogP contribution in [0.15, 0.2) is 29.3 Å². The Hall–Kier alpha value is -1.63. The fraction of sp³-hybridized carbons (Fsp3) is 0.632. The minimum atomic E-state index is -0.459. The molecule has 0 amide bonds. The van der Waals surface area contributed by atoms with Gasteiger partial charge < -0.3 is 20.5 Å². The van der Waals surface area contributed by atoms with Gasteiger partial charge in [-0.25, -0.2) is 0 Å². The Balaban J connectivity index is 1.77. The maximum atomic E-state index is 10.4. The molecule has 1 aliphatic rings. The summed E-state index contributed by atoms with van der Waals surface area (Å²) in [4.78, 5) is 6.80. The predicted octanol–water partition coefficient (Wildman–Crippen LogP) is 0.997. The van der Waals surface area contributed by atoms with Crippen molar-refractivity contribution in [2.75, 3.05) is 46.4 Å². The maximum Gasteiger partial charge on any atom is 0.191 e. The van der Waals surface area contributed by atoms with Crippen LogP contribution in [0, 0.1) is 0 Å². The van der Waals surface area contributed by atoms with E-state index >= 15 is 0 Å². The summed E-state index contributed by atoms with van der Waals surface area (Å²) in [6.45, 7) is 7.32. The van der Waals surface area contributed by atoms with E-state index in [2.05, 4.69) is 44.8 Å². The van der Waals surface area contributed by atoms with Gasteiger partial charge in [-0.1, -0.05) is 24.3 Å². The van der Waals surface area contributed by atoms with Crippen LogP contribution in [-0.2, 0) is 17.7 Å². The topological polar surface area (TPSA) is 69.1 Å². The second-order valence-corrected chi connectivity index (χ2v) is 6.40. The molecule has 1 aromatic carbocycles. The summed E-state index contributed by atoms with van der Waals surface area (Å²) < 4.78 is 5.05. The van der Waals surface area contributed by atoms with Crippen molar-refractivity contribution in [3.05, 3.63) is 35.4 Å². The minimum Gasteiger partial charge on any atom is -0.390 e. The van der Waals surface area contributed by atoms with E-state index in [1.54, 1.807) is 7.11 Å². The number of aliphatic imine (C=N–C) groups is 1. The maximum absolute atomic E-state index is 10.4. The van der Waals surface area contributed by atoms with Gasteiger partial charge in [-0.05, 0) is 30.9 Å². The predicted molar refractivity (Wildman–Crippen MR) is 102 cm³/mol. The largest absolute Gasteiger partial charge is 0.390 e. The van der Waals surface area contributed by atoms with Crippen molar-refractivity contribution in [1.82, 2.24) is 15.5 Å². The molecule has 0 bridgehead atoms. The van der Waals surface area contributed by atoms with E-state index in [1.165, 1.54) is 11.1 Å². The molecule has 140 valence electrons. The molecule has 1 unspecified atom stereocenters. The zero-order valence-electron chi connectivity index (χ0n) is 15.5. The molecule has 6 heteroatoms. The molecule has 6 nitrogen and oxygen atoms in total. The van der Waals surface area contributed by atoms with Crippen LogP contribution in [0.5, 0.6) is 0 Å². The molecular formula is C19H32N4O2. The third kappa shape index (κ3) is 7.02. The Kier molecular flexibility index (Phi) is 8.72. The highest BCUT2D eigenvalue weighted by Gasteiger charge is 2.18. The first-order valence-electron chi connectivity index (χ1n) is 9.21. The molecule has 0 saturated carbocycles. The van der Waals surface area contributed by atoms with Crippen molar-refractivity contribution >= 4 is 5.96 Å². The van der Waals surface area contributed by atoms with Gasteiger partial charge in [0.2, 0.25) is 0 Å². The number of methoxy groups -OCH3 is 1. The van der Waals surface area contributed by atoms with Crippen LogP contribution in [0.25, 0.3) is 0 Å². The van der Waals surface area contributed by atoms with Gasteiger partial charge in [0.1, 0.15) is 0 Å². The molecule has 0 aromatic heterocycles. The highest BCUT2D eigenvalue weighted by atomic mass is 16.5. The number of ether oxygens (including phenoxy) is 1. The van der Waals surface area contributed by atoms with Gasteiger partial charge in [-0.15, -0.1) is 0 Å². The third-order valence-corrected chi connectivity index (χ3v) is 4.30. The highest BCUT2D eigenvalue weighted by molar-refractivity contribution is 5.79. The number of β-amino-alcohol motifs (C(OH)–C–C–N with tert-alkyl or cyclic N) is 1. The Morgan fingerprint density at radius 2 is 2.12 bits per heavy atom. The lowest BCUT2D eigenvalue weighted by atomic mass is 10.00. The van der Waals surface area contributed by atoms with Crippen LogP contribution in [0.1, 0.15) is 24.5 Å². The minimum absolute atomic E-state index is 0.401. The van der Waals surface area contributed by atoms with Crippen molar-refractivity contribution in [2.45, 2.75) is 32.4 Å². The van der Waals surface area contributed by atoms with E-state index in [9.17, 15) is 5.11 Å². The zero-order valence-corrected chi connectivity index (χ0v) is 15.5. The number of fused-ring (bicyclic) bond motifs is 1. The Labute approximate surface area is 151 Å². The first-order valence-corrected chi connectivity index (χ1v) is 9.21. The Morgan fingerprint density at radius 1 is 1.32 bits per heavy atom. The lowest BCUT2D eigenvalue weighted by molar-refractivity contribution is 0.111. The van der Waals surface area contributed by atoms with E-state index in [-0.39, 0.29) is 0 Å². The Bertz CT molecular complexity index is 536. The van der Waals surface area contributed by atoms with Crippen LogP contribution in [0.2, 0.25) is 0 Å². The van der Waals surface area contributed by atoms with Gasteiger partial charge >= 0.3 is 0 Å².